The molecular weight excluding hydrogens is 334 g/mol. The van der Waals surface area contributed by atoms with Gasteiger partial charge >= 0.3 is 0 Å². The number of benzene rings is 2. The molecule has 134 valence electrons. The van der Waals surface area contributed by atoms with Crippen molar-refractivity contribution in [1.29, 1.82) is 0 Å². The van der Waals surface area contributed by atoms with Crippen LogP contribution in [0.1, 0.15) is 6.42 Å². The van der Waals surface area contributed by atoms with Gasteiger partial charge in [-0.05, 0) is 24.3 Å². The summed E-state index contributed by atoms with van der Waals surface area (Å²) in [5, 5.41) is 14.5. The lowest BCUT2D eigenvalue weighted by atomic mass is 10.1. The fraction of sp³-hybridized carbons (Fsp3) is 0.211. The van der Waals surface area contributed by atoms with Crippen LogP contribution in [0.5, 0.6) is 5.75 Å². The fourth-order valence-corrected chi connectivity index (χ4v) is 2.84. The lowest BCUT2D eigenvalue weighted by Crippen LogP contribution is -2.37. The number of para-hydroxylation sites is 1. The summed E-state index contributed by atoms with van der Waals surface area (Å²) < 4.78 is 0. The molecule has 0 aliphatic carbocycles. The minimum absolute atomic E-state index is 0.0392. The number of nitrogens with one attached hydrogen (secondary N) is 2. The van der Waals surface area contributed by atoms with E-state index in [1.54, 1.807) is 17.0 Å². The van der Waals surface area contributed by atoms with Crippen LogP contribution in [-0.2, 0) is 14.4 Å². The number of aromatic hydroxyl groups is 1. The molecular formula is C19H19N3O4. The number of phenols is 1. The number of rotatable bonds is 5. The predicted molar refractivity (Wildman–Crippen MR) is 96.6 cm³/mol. The number of hydrogen-bond donors (Lipinski definition) is 3. The maximum atomic E-state index is 12.3. The topological polar surface area (TPSA) is 98.7 Å². The zero-order valence-corrected chi connectivity index (χ0v) is 14.0. The highest BCUT2D eigenvalue weighted by Gasteiger charge is 2.35. The second kappa shape index (κ2) is 7.69. The fourth-order valence-electron chi connectivity index (χ4n) is 2.84. The number of phenolic OH excluding ortho intramolecular Hbond substituents is 1. The van der Waals surface area contributed by atoms with Crippen LogP contribution in [0.4, 0.5) is 11.4 Å². The van der Waals surface area contributed by atoms with Gasteiger partial charge in [-0.25, -0.2) is 0 Å². The van der Waals surface area contributed by atoms with Gasteiger partial charge in [0.05, 0.1) is 12.5 Å². The van der Waals surface area contributed by atoms with Gasteiger partial charge < -0.3 is 20.6 Å². The van der Waals surface area contributed by atoms with Gasteiger partial charge in [-0.15, -0.1) is 0 Å². The lowest BCUT2D eigenvalue weighted by molar-refractivity contribution is -0.127. The Kier molecular flexibility index (Phi) is 5.17. The summed E-state index contributed by atoms with van der Waals surface area (Å²) in [4.78, 5) is 37.9. The van der Waals surface area contributed by atoms with Crippen molar-refractivity contribution in [1.82, 2.24) is 5.32 Å². The molecule has 0 saturated carbocycles. The predicted octanol–water partition coefficient (Wildman–Crippen LogP) is 1.50. The molecule has 1 saturated heterocycles. The summed E-state index contributed by atoms with van der Waals surface area (Å²) in [6, 6.07) is 15.3. The van der Waals surface area contributed by atoms with Crippen molar-refractivity contribution >= 4 is 29.1 Å². The Morgan fingerprint density at radius 3 is 2.62 bits per heavy atom. The van der Waals surface area contributed by atoms with Crippen LogP contribution in [0.2, 0.25) is 0 Å². The van der Waals surface area contributed by atoms with Gasteiger partial charge in [-0.3, -0.25) is 14.4 Å². The average molecular weight is 353 g/mol. The van der Waals surface area contributed by atoms with E-state index < -0.39 is 11.8 Å². The van der Waals surface area contributed by atoms with Gasteiger partial charge in [0.2, 0.25) is 17.7 Å². The van der Waals surface area contributed by atoms with E-state index in [1.165, 1.54) is 12.1 Å². The summed E-state index contributed by atoms with van der Waals surface area (Å²) >= 11 is 0. The molecule has 3 rings (SSSR count). The molecule has 2 aromatic rings. The number of carbonyl (C=O) groups excluding carboxylic acids is 3. The van der Waals surface area contributed by atoms with E-state index in [1.807, 2.05) is 30.3 Å². The molecule has 0 spiro atoms. The van der Waals surface area contributed by atoms with Crippen molar-refractivity contribution in [3.63, 3.8) is 0 Å². The molecule has 1 fully saturated rings. The van der Waals surface area contributed by atoms with Crippen molar-refractivity contribution in [2.75, 3.05) is 23.3 Å². The maximum absolute atomic E-state index is 12.3. The number of nitrogens with zero attached hydrogens (tertiary/aromatic N) is 1. The van der Waals surface area contributed by atoms with Crippen molar-refractivity contribution in [2.45, 2.75) is 6.42 Å². The van der Waals surface area contributed by atoms with E-state index in [4.69, 9.17) is 0 Å². The molecule has 26 heavy (non-hydrogen) atoms. The Balaban J connectivity index is 1.51. The lowest BCUT2D eigenvalue weighted by Gasteiger charge is -2.16. The zero-order chi connectivity index (χ0) is 18.5. The average Bonchev–Trinajstić information content (AvgIpc) is 3.02. The summed E-state index contributed by atoms with van der Waals surface area (Å²) in [6.07, 6.45) is 0.120. The Hall–Kier alpha value is -3.35. The first-order valence-corrected chi connectivity index (χ1v) is 8.25. The molecule has 1 heterocycles. The summed E-state index contributed by atoms with van der Waals surface area (Å²) in [7, 11) is 0. The van der Waals surface area contributed by atoms with E-state index in [0.717, 1.165) is 5.69 Å². The van der Waals surface area contributed by atoms with E-state index >= 15 is 0 Å². The van der Waals surface area contributed by atoms with E-state index in [0.29, 0.717) is 12.2 Å². The number of anilines is 2. The number of amides is 3. The van der Waals surface area contributed by atoms with Gasteiger partial charge in [0.15, 0.2) is 0 Å². The largest absolute Gasteiger partial charge is 0.508 e. The third-order valence-corrected chi connectivity index (χ3v) is 4.12. The summed E-state index contributed by atoms with van der Waals surface area (Å²) in [5.74, 6) is -1.30. The van der Waals surface area contributed by atoms with E-state index in [9.17, 15) is 19.5 Å². The smallest absolute Gasteiger partial charge is 0.243 e. The van der Waals surface area contributed by atoms with E-state index in [-0.39, 0.29) is 30.5 Å². The zero-order valence-electron chi connectivity index (χ0n) is 14.0. The van der Waals surface area contributed by atoms with Crippen LogP contribution in [0.25, 0.3) is 0 Å². The van der Waals surface area contributed by atoms with Crippen LogP contribution in [-0.4, -0.2) is 35.9 Å². The molecule has 0 unspecified atom stereocenters. The normalized spacial score (nSPS) is 16.4. The highest BCUT2D eigenvalue weighted by molar-refractivity contribution is 6.01. The molecule has 1 aliphatic rings. The first-order chi connectivity index (χ1) is 12.5. The molecule has 0 aromatic heterocycles. The van der Waals surface area contributed by atoms with Gasteiger partial charge in [0, 0.05) is 30.4 Å². The molecule has 1 aliphatic heterocycles. The summed E-state index contributed by atoms with van der Waals surface area (Å²) in [6.45, 7) is 0.0906. The Labute approximate surface area is 150 Å². The first kappa shape index (κ1) is 17.5. The SMILES string of the molecule is O=C(CNC(=O)[C@@H]1CC(=O)N(c2ccccc2)C1)Nc1cccc(O)c1. The molecule has 1 atom stereocenters. The molecule has 3 N–H and O–H groups in total. The molecule has 0 bridgehead atoms. The van der Waals surface area contributed by atoms with Crippen LogP contribution in [0, 0.1) is 5.92 Å². The molecule has 7 nitrogen and oxygen atoms in total. The van der Waals surface area contributed by atoms with E-state index in [2.05, 4.69) is 10.6 Å². The van der Waals surface area contributed by atoms with Crippen LogP contribution < -0.4 is 15.5 Å². The number of carbonyl (C=O) groups is 3. The summed E-state index contributed by atoms with van der Waals surface area (Å²) in [5.41, 5.74) is 1.20. The molecule has 0 radical (unpaired) electrons. The second-order valence-electron chi connectivity index (χ2n) is 6.06. The Morgan fingerprint density at radius 1 is 1.12 bits per heavy atom. The van der Waals surface area contributed by atoms with Gasteiger partial charge in [-0.1, -0.05) is 24.3 Å². The first-order valence-electron chi connectivity index (χ1n) is 8.25. The van der Waals surface area contributed by atoms with Crippen LogP contribution >= 0.6 is 0 Å². The minimum Gasteiger partial charge on any atom is -0.508 e. The van der Waals surface area contributed by atoms with Crippen molar-refractivity contribution < 1.29 is 19.5 Å². The Morgan fingerprint density at radius 2 is 1.88 bits per heavy atom. The van der Waals surface area contributed by atoms with Crippen LogP contribution in [0.15, 0.2) is 54.6 Å². The molecule has 3 amide bonds. The van der Waals surface area contributed by atoms with Crippen molar-refractivity contribution in [2.24, 2.45) is 5.92 Å². The van der Waals surface area contributed by atoms with Crippen LogP contribution in [0.3, 0.4) is 0 Å². The number of hydrogen-bond acceptors (Lipinski definition) is 4. The third kappa shape index (κ3) is 4.18. The maximum Gasteiger partial charge on any atom is 0.243 e. The van der Waals surface area contributed by atoms with Gasteiger partial charge in [0.25, 0.3) is 0 Å². The minimum atomic E-state index is -0.490. The van der Waals surface area contributed by atoms with Crippen molar-refractivity contribution in [3.8, 4) is 5.75 Å². The third-order valence-electron chi connectivity index (χ3n) is 4.12. The quantitative estimate of drug-likeness (QED) is 0.759. The van der Waals surface area contributed by atoms with Gasteiger partial charge in [-0.2, -0.15) is 0 Å². The molecule has 2 aromatic carbocycles. The standard InChI is InChI=1S/C19H19N3O4/c23-16-8-4-5-14(10-16)21-17(24)11-20-19(26)13-9-18(25)22(12-13)15-6-2-1-3-7-15/h1-8,10,13,23H,9,11-12H2,(H,20,26)(H,21,24)/t13-/m1/s1. The highest BCUT2D eigenvalue weighted by atomic mass is 16.3. The molecule has 7 heteroatoms. The highest BCUT2D eigenvalue weighted by Crippen LogP contribution is 2.24. The Bertz CT molecular complexity index is 823. The van der Waals surface area contributed by atoms with Gasteiger partial charge in [0.1, 0.15) is 5.75 Å². The monoisotopic (exact) mass is 353 g/mol. The van der Waals surface area contributed by atoms with Crippen molar-refractivity contribution in [3.05, 3.63) is 54.6 Å². The second-order valence-corrected chi connectivity index (χ2v) is 6.06.